The third-order valence-corrected chi connectivity index (χ3v) is 8.92. The molecular weight excluding hydrogens is 548 g/mol. The number of aromatic nitrogens is 6. The summed E-state index contributed by atoms with van der Waals surface area (Å²) < 4.78 is 2.14. The van der Waals surface area contributed by atoms with Gasteiger partial charge in [-0.25, -0.2) is 24.9 Å². The molecule has 1 aliphatic carbocycles. The molecule has 10 nitrogen and oxygen atoms in total. The van der Waals surface area contributed by atoms with Gasteiger partial charge in [-0.3, -0.25) is 9.47 Å². The van der Waals surface area contributed by atoms with Gasteiger partial charge in [-0.2, -0.15) is 5.26 Å². The van der Waals surface area contributed by atoms with Crippen molar-refractivity contribution >= 4 is 22.8 Å². The summed E-state index contributed by atoms with van der Waals surface area (Å²) in [6, 6.07) is 21.0. The van der Waals surface area contributed by atoms with Crippen LogP contribution in [0.3, 0.4) is 0 Å². The minimum absolute atomic E-state index is 0.191. The molecular formula is C34H36N10. The monoisotopic (exact) mass is 584 g/mol. The van der Waals surface area contributed by atoms with E-state index in [1.807, 2.05) is 24.3 Å². The highest BCUT2D eigenvalue weighted by molar-refractivity contribution is 5.83. The van der Waals surface area contributed by atoms with Gasteiger partial charge in [-0.1, -0.05) is 31.4 Å². The van der Waals surface area contributed by atoms with E-state index in [0.29, 0.717) is 23.6 Å². The fraction of sp³-hybridized carbons (Fsp3) is 0.353. The number of likely N-dealkylation sites (tertiary alicyclic amines) is 1. The molecule has 5 aromatic rings. The van der Waals surface area contributed by atoms with Crippen LogP contribution in [0.4, 0.5) is 11.6 Å². The molecule has 0 spiro atoms. The molecule has 0 radical (unpaired) electrons. The number of hydrogen-bond donors (Lipinski definition) is 2. The molecule has 1 saturated heterocycles. The normalized spacial score (nSPS) is 16.6. The first-order chi connectivity index (χ1) is 21.6. The van der Waals surface area contributed by atoms with Crippen LogP contribution in [0.2, 0.25) is 0 Å². The van der Waals surface area contributed by atoms with Crippen molar-refractivity contribution in [3.63, 3.8) is 0 Å². The molecule has 1 aliphatic heterocycles. The van der Waals surface area contributed by atoms with E-state index in [1.54, 1.807) is 12.4 Å². The number of nitrogens with zero attached hydrogens (tertiary/aromatic N) is 8. The lowest BCUT2D eigenvalue weighted by Crippen LogP contribution is -2.38. The second-order valence-corrected chi connectivity index (χ2v) is 11.9. The molecule has 2 aliphatic rings. The average Bonchev–Trinajstić information content (AvgIpc) is 3.45. The summed E-state index contributed by atoms with van der Waals surface area (Å²) in [4.78, 5) is 25.3. The number of imidazole rings is 1. The zero-order valence-electron chi connectivity index (χ0n) is 24.7. The van der Waals surface area contributed by atoms with Crippen molar-refractivity contribution in [2.45, 2.75) is 63.5 Å². The average molecular weight is 585 g/mol. The topological polar surface area (TPSA) is 134 Å². The van der Waals surface area contributed by atoms with E-state index >= 15 is 0 Å². The van der Waals surface area contributed by atoms with Crippen LogP contribution in [-0.4, -0.2) is 53.5 Å². The van der Waals surface area contributed by atoms with Gasteiger partial charge in [-0.15, -0.1) is 0 Å². The fourth-order valence-corrected chi connectivity index (χ4v) is 6.58. The maximum atomic E-state index is 9.07. The lowest BCUT2D eigenvalue weighted by molar-refractivity contribution is 0.211. The van der Waals surface area contributed by atoms with Crippen molar-refractivity contribution in [2.75, 3.05) is 24.1 Å². The molecule has 5 heterocycles. The molecule has 0 bridgehead atoms. The first kappa shape index (κ1) is 27.9. The second-order valence-electron chi connectivity index (χ2n) is 11.9. The van der Waals surface area contributed by atoms with Crippen molar-refractivity contribution in [1.82, 2.24) is 34.4 Å². The fourth-order valence-electron chi connectivity index (χ4n) is 6.58. The number of nitriles is 1. The summed E-state index contributed by atoms with van der Waals surface area (Å²) in [5.74, 6) is 2.62. The van der Waals surface area contributed by atoms with E-state index in [9.17, 15) is 0 Å². The number of benzene rings is 1. The SMILES string of the molecule is N#Cc1nccc(NC2CCN(Cc3ccc(-n4c(-c5cccnc5N)nc5ccc(C6CCCCC6)nc54)cc3)CC2)n1. The Bertz CT molecular complexity index is 1790. The van der Waals surface area contributed by atoms with Crippen LogP contribution < -0.4 is 11.1 Å². The number of nitrogen functional groups attached to an aromatic ring is 1. The lowest BCUT2D eigenvalue weighted by atomic mass is 9.87. The van der Waals surface area contributed by atoms with Gasteiger partial charge in [0.05, 0.1) is 5.56 Å². The van der Waals surface area contributed by atoms with E-state index in [-0.39, 0.29) is 5.82 Å². The number of rotatable bonds is 7. The van der Waals surface area contributed by atoms with Crippen LogP contribution >= 0.6 is 0 Å². The van der Waals surface area contributed by atoms with Gasteiger partial charge in [0.1, 0.15) is 23.2 Å². The van der Waals surface area contributed by atoms with Crippen molar-refractivity contribution < 1.29 is 0 Å². The molecule has 4 aromatic heterocycles. The predicted molar refractivity (Wildman–Crippen MR) is 171 cm³/mol. The van der Waals surface area contributed by atoms with Gasteiger partial charge in [-0.05, 0) is 73.7 Å². The van der Waals surface area contributed by atoms with Crippen LogP contribution in [0, 0.1) is 11.3 Å². The highest BCUT2D eigenvalue weighted by atomic mass is 15.2. The van der Waals surface area contributed by atoms with Gasteiger partial charge < -0.3 is 11.1 Å². The number of fused-ring (bicyclic) bond motifs is 1. The molecule has 44 heavy (non-hydrogen) atoms. The highest BCUT2D eigenvalue weighted by Gasteiger charge is 2.23. The molecule has 222 valence electrons. The summed E-state index contributed by atoms with van der Waals surface area (Å²) in [5.41, 5.74) is 12.3. The van der Waals surface area contributed by atoms with Crippen molar-refractivity contribution in [3.05, 3.63) is 84.1 Å². The predicted octanol–water partition coefficient (Wildman–Crippen LogP) is 5.85. The Balaban J connectivity index is 1.11. The zero-order valence-corrected chi connectivity index (χ0v) is 24.7. The smallest absolute Gasteiger partial charge is 0.234 e. The number of nitrogens with one attached hydrogen (secondary N) is 1. The number of hydrogen-bond acceptors (Lipinski definition) is 9. The molecule has 2 fully saturated rings. The Morgan fingerprint density at radius 2 is 1.68 bits per heavy atom. The maximum absolute atomic E-state index is 9.07. The van der Waals surface area contributed by atoms with E-state index in [4.69, 9.17) is 21.0 Å². The van der Waals surface area contributed by atoms with Gasteiger partial charge >= 0.3 is 0 Å². The summed E-state index contributed by atoms with van der Waals surface area (Å²) in [5, 5.41) is 12.5. The number of piperidine rings is 1. The van der Waals surface area contributed by atoms with Crippen LogP contribution in [0.5, 0.6) is 0 Å². The molecule has 0 amide bonds. The maximum Gasteiger partial charge on any atom is 0.234 e. The Morgan fingerprint density at radius 3 is 2.45 bits per heavy atom. The highest BCUT2D eigenvalue weighted by Crippen LogP contribution is 2.35. The van der Waals surface area contributed by atoms with E-state index in [0.717, 1.165) is 66.4 Å². The van der Waals surface area contributed by atoms with Crippen molar-refractivity contribution in [1.29, 1.82) is 5.26 Å². The van der Waals surface area contributed by atoms with E-state index in [2.05, 4.69) is 66.1 Å². The molecule has 1 aromatic carbocycles. The van der Waals surface area contributed by atoms with Crippen LogP contribution in [-0.2, 0) is 6.54 Å². The lowest BCUT2D eigenvalue weighted by Gasteiger charge is -2.32. The zero-order chi connectivity index (χ0) is 29.9. The Hall–Kier alpha value is -4.88. The van der Waals surface area contributed by atoms with Crippen LogP contribution in [0.25, 0.3) is 28.2 Å². The van der Waals surface area contributed by atoms with Gasteiger partial charge in [0.2, 0.25) is 5.82 Å². The van der Waals surface area contributed by atoms with Crippen molar-refractivity contribution in [3.8, 4) is 23.1 Å². The largest absolute Gasteiger partial charge is 0.383 e. The van der Waals surface area contributed by atoms with E-state index < -0.39 is 0 Å². The third-order valence-electron chi connectivity index (χ3n) is 8.92. The van der Waals surface area contributed by atoms with Crippen LogP contribution in [0.1, 0.15) is 67.9 Å². The standard InChI is InChI=1S/C34H36N10/c35-21-31-37-18-14-30(42-31)39-25-15-19-43(20-16-25)22-23-8-10-26(11-9-23)44-33(27-7-4-17-38-32(27)36)41-29-13-12-28(40-34(29)44)24-5-2-1-3-6-24/h4,7-14,17-18,24-25H,1-3,5-6,15-16,19-20,22H2,(H2,36,38)(H,37,39,42). The first-order valence-electron chi connectivity index (χ1n) is 15.6. The molecule has 10 heteroatoms. The Morgan fingerprint density at radius 1 is 0.864 bits per heavy atom. The van der Waals surface area contributed by atoms with Crippen LogP contribution in [0.15, 0.2) is 67.0 Å². The Kier molecular flexibility index (Phi) is 7.86. The minimum Gasteiger partial charge on any atom is -0.383 e. The molecule has 1 saturated carbocycles. The summed E-state index contributed by atoms with van der Waals surface area (Å²) >= 11 is 0. The van der Waals surface area contributed by atoms with Gasteiger partial charge in [0.15, 0.2) is 11.5 Å². The number of pyridine rings is 2. The number of nitrogens with two attached hydrogens (primary N) is 1. The second kappa shape index (κ2) is 12.4. The van der Waals surface area contributed by atoms with Gasteiger partial charge in [0, 0.05) is 55.4 Å². The molecule has 7 rings (SSSR count). The quantitative estimate of drug-likeness (QED) is 0.241. The number of anilines is 2. The Labute approximate surface area is 257 Å². The molecule has 3 N–H and O–H groups in total. The third kappa shape index (κ3) is 5.83. The summed E-state index contributed by atoms with van der Waals surface area (Å²) in [6.45, 7) is 2.86. The summed E-state index contributed by atoms with van der Waals surface area (Å²) in [7, 11) is 0. The van der Waals surface area contributed by atoms with Gasteiger partial charge in [0.25, 0.3) is 0 Å². The minimum atomic E-state index is 0.191. The van der Waals surface area contributed by atoms with Crippen molar-refractivity contribution in [2.24, 2.45) is 0 Å². The first-order valence-corrected chi connectivity index (χ1v) is 15.6. The van der Waals surface area contributed by atoms with E-state index in [1.165, 1.54) is 37.7 Å². The molecule has 0 atom stereocenters. The molecule has 0 unspecified atom stereocenters. The summed E-state index contributed by atoms with van der Waals surface area (Å²) in [6.07, 6.45) is 11.6.